The van der Waals surface area contributed by atoms with Gasteiger partial charge in [0.2, 0.25) is 0 Å². The van der Waals surface area contributed by atoms with Crippen molar-refractivity contribution < 1.29 is 80.2 Å². The Morgan fingerprint density at radius 3 is 0.648 bits per heavy atom. The first kappa shape index (κ1) is 89.1. The van der Waals surface area contributed by atoms with Gasteiger partial charge in [0.05, 0.1) is 26.4 Å². The number of unbranched alkanes of at least 4 members (excludes halogenated alkanes) is 47. The highest BCUT2D eigenvalue weighted by Crippen LogP contribution is 2.45. The second-order valence-corrected chi connectivity index (χ2v) is 28.9. The molecule has 0 aromatic heterocycles. The number of phosphoric ester groups is 2. The van der Waals surface area contributed by atoms with Gasteiger partial charge >= 0.3 is 39.5 Å². The monoisotopic (exact) mass is 1340 g/mol. The summed E-state index contributed by atoms with van der Waals surface area (Å²) in [6, 6.07) is 0. The maximum atomic E-state index is 13.0. The van der Waals surface area contributed by atoms with Crippen molar-refractivity contribution >= 4 is 39.5 Å². The third kappa shape index (κ3) is 66.5. The molecule has 0 spiro atoms. The van der Waals surface area contributed by atoms with Crippen LogP contribution in [0.1, 0.15) is 381 Å². The summed E-state index contributed by atoms with van der Waals surface area (Å²) in [6.07, 6.45) is 55.4. The fourth-order valence-corrected chi connectivity index (χ4v) is 12.6. The summed E-state index contributed by atoms with van der Waals surface area (Å²) in [6.45, 7) is 4.94. The predicted molar refractivity (Wildman–Crippen MR) is 368 cm³/mol. The van der Waals surface area contributed by atoms with Crippen molar-refractivity contribution in [2.24, 2.45) is 0 Å². The molecule has 19 heteroatoms. The first-order valence-corrected chi connectivity index (χ1v) is 40.8. The van der Waals surface area contributed by atoms with Gasteiger partial charge in [-0.1, -0.05) is 329 Å². The number of ether oxygens (including phenoxy) is 4. The highest BCUT2D eigenvalue weighted by atomic mass is 31.2. The molecule has 5 atom stereocenters. The molecule has 91 heavy (non-hydrogen) atoms. The van der Waals surface area contributed by atoms with Crippen LogP contribution in [0, 0.1) is 0 Å². The minimum atomic E-state index is -4.95. The van der Waals surface area contributed by atoms with E-state index in [2.05, 4.69) is 27.7 Å². The molecule has 0 aromatic rings. The maximum Gasteiger partial charge on any atom is 0.472 e. The summed E-state index contributed by atoms with van der Waals surface area (Å²) in [4.78, 5) is 72.6. The number of hydrogen-bond acceptors (Lipinski definition) is 15. The number of esters is 4. The summed E-state index contributed by atoms with van der Waals surface area (Å²) >= 11 is 0. The second kappa shape index (κ2) is 66.7. The Balaban J connectivity index is 5.21. The van der Waals surface area contributed by atoms with E-state index >= 15 is 0 Å². The fraction of sp³-hybridized carbons (Fsp3) is 0.944. The van der Waals surface area contributed by atoms with Crippen LogP contribution in [-0.4, -0.2) is 96.7 Å². The molecule has 17 nitrogen and oxygen atoms in total. The Morgan fingerprint density at radius 2 is 0.440 bits per heavy atom. The summed E-state index contributed by atoms with van der Waals surface area (Å²) in [5.74, 6) is -2.12. The highest BCUT2D eigenvalue weighted by Gasteiger charge is 2.30. The van der Waals surface area contributed by atoms with E-state index in [-0.39, 0.29) is 25.7 Å². The van der Waals surface area contributed by atoms with E-state index in [9.17, 15) is 43.2 Å². The van der Waals surface area contributed by atoms with Crippen molar-refractivity contribution in [3.63, 3.8) is 0 Å². The van der Waals surface area contributed by atoms with E-state index in [0.717, 1.165) is 96.3 Å². The zero-order valence-electron chi connectivity index (χ0n) is 58.8. The van der Waals surface area contributed by atoms with Crippen molar-refractivity contribution in [1.29, 1.82) is 0 Å². The number of carbonyl (C=O) groups is 4. The van der Waals surface area contributed by atoms with E-state index in [1.54, 1.807) is 0 Å². The topological polar surface area (TPSA) is 237 Å². The molecule has 0 aliphatic carbocycles. The van der Waals surface area contributed by atoms with Gasteiger partial charge in [-0.05, 0) is 25.7 Å². The van der Waals surface area contributed by atoms with E-state index in [0.29, 0.717) is 25.7 Å². The van der Waals surface area contributed by atoms with Crippen molar-refractivity contribution in [3.05, 3.63) is 0 Å². The first-order chi connectivity index (χ1) is 44.2. The number of rotatable bonds is 73. The number of aliphatic hydroxyl groups is 1. The molecular formula is C72H140O17P2. The van der Waals surface area contributed by atoms with Crippen LogP contribution in [0.15, 0.2) is 0 Å². The van der Waals surface area contributed by atoms with Crippen LogP contribution in [0.3, 0.4) is 0 Å². The lowest BCUT2D eigenvalue weighted by atomic mass is 10.0. The second-order valence-electron chi connectivity index (χ2n) is 26.0. The van der Waals surface area contributed by atoms with Crippen LogP contribution in [0.2, 0.25) is 0 Å². The lowest BCUT2D eigenvalue weighted by molar-refractivity contribution is -0.161. The predicted octanol–water partition coefficient (Wildman–Crippen LogP) is 21.1. The molecule has 0 amide bonds. The molecule has 0 aliphatic heterocycles. The van der Waals surface area contributed by atoms with Crippen LogP contribution in [-0.2, 0) is 65.4 Å². The molecule has 2 unspecified atom stereocenters. The lowest BCUT2D eigenvalue weighted by Gasteiger charge is -2.21. The number of aliphatic hydroxyl groups excluding tert-OH is 1. The molecule has 0 radical (unpaired) electrons. The molecule has 0 fully saturated rings. The van der Waals surface area contributed by atoms with Gasteiger partial charge in [-0.25, -0.2) is 9.13 Å². The maximum absolute atomic E-state index is 13.0. The van der Waals surface area contributed by atoms with Crippen molar-refractivity contribution in [2.75, 3.05) is 39.6 Å². The SMILES string of the molecule is CCCCCCCCCCCCCCCCCCC(=O)O[C@H](COC(=O)CCCCCCCCCCCCCCCCC)COP(=O)(O)OC[C@@H](O)COP(=O)(O)OC[C@@H](COC(=O)CCCCCCCCCC)OC(=O)CCCCCCCCCCCCCC. The minimum absolute atomic E-state index is 0.108. The van der Waals surface area contributed by atoms with Gasteiger partial charge in [0.25, 0.3) is 0 Å². The van der Waals surface area contributed by atoms with Crippen LogP contribution in [0.5, 0.6) is 0 Å². The van der Waals surface area contributed by atoms with E-state index < -0.39 is 97.5 Å². The van der Waals surface area contributed by atoms with Gasteiger partial charge in [-0.3, -0.25) is 37.3 Å². The number of hydrogen-bond donors (Lipinski definition) is 3. The van der Waals surface area contributed by atoms with Gasteiger partial charge < -0.3 is 33.8 Å². The summed E-state index contributed by atoms with van der Waals surface area (Å²) in [7, 11) is -9.90. The quantitative estimate of drug-likeness (QED) is 0.0222. The molecular weight excluding hydrogens is 1200 g/mol. The molecule has 0 saturated heterocycles. The van der Waals surface area contributed by atoms with Gasteiger partial charge in [0, 0.05) is 25.7 Å². The largest absolute Gasteiger partial charge is 0.472 e. The standard InChI is InChI=1S/C72H140O17P2/c1-5-9-13-17-21-25-28-31-33-35-37-40-43-47-51-55-59-72(77)89-68(63-83-70(75)57-53-49-45-41-39-36-34-32-29-26-22-18-14-10-6-2)65-87-91(80,81)85-61-66(73)60-84-90(78,79)86-64-67(62-82-69(74)56-52-48-44-24-20-16-12-8-4)88-71(76)58-54-50-46-42-38-30-27-23-19-15-11-7-3/h66-68,73H,5-65H2,1-4H3,(H,78,79)(H,80,81)/t66-,67+,68+/m0/s1. The molecule has 0 rings (SSSR count). The molecule has 540 valence electrons. The average Bonchev–Trinajstić information content (AvgIpc) is 3.09. The van der Waals surface area contributed by atoms with Crippen LogP contribution in [0.25, 0.3) is 0 Å². The van der Waals surface area contributed by atoms with Crippen molar-refractivity contribution in [3.8, 4) is 0 Å². The van der Waals surface area contributed by atoms with E-state index in [1.165, 1.54) is 205 Å². The summed E-state index contributed by atoms with van der Waals surface area (Å²) < 4.78 is 68.3. The normalized spacial score (nSPS) is 14.0. The molecule has 3 N–H and O–H groups in total. The van der Waals surface area contributed by atoms with Crippen LogP contribution < -0.4 is 0 Å². The molecule has 0 aliphatic rings. The number of carbonyl (C=O) groups excluding carboxylic acids is 4. The number of phosphoric acid groups is 2. The smallest absolute Gasteiger partial charge is 0.462 e. The van der Waals surface area contributed by atoms with Crippen LogP contribution >= 0.6 is 15.6 Å². The third-order valence-electron chi connectivity index (χ3n) is 16.9. The van der Waals surface area contributed by atoms with Gasteiger partial charge in [0.15, 0.2) is 12.2 Å². The Labute approximate surface area is 556 Å². The third-order valence-corrected chi connectivity index (χ3v) is 18.8. The zero-order chi connectivity index (χ0) is 66.8. The Kier molecular flexibility index (Phi) is 65.2. The average molecular weight is 1340 g/mol. The van der Waals surface area contributed by atoms with Crippen molar-refractivity contribution in [2.45, 2.75) is 399 Å². The molecule has 0 bridgehead atoms. The zero-order valence-corrected chi connectivity index (χ0v) is 60.6. The Morgan fingerprint density at radius 1 is 0.264 bits per heavy atom. The lowest BCUT2D eigenvalue weighted by Crippen LogP contribution is -2.30. The Hall–Kier alpha value is -1.94. The first-order valence-electron chi connectivity index (χ1n) is 37.8. The van der Waals surface area contributed by atoms with E-state index in [4.69, 9.17) is 37.0 Å². The van der Waals surface area contributed by atoms with E-state index in [1.807, 2.05) is 0 Å². The molecule has 0 heterocycles. The van der Waals surface area contributed by atoms with Crippen LogP contribution in [0.4, 0.5) is 0 Å². The van der Waals surface area contributed by atoms with Gasteiger partial charge in [-0.2, -0.15) is 0 Å². The van der Waals surface area contributed by atoms with Crippen molar-refractivity contribution in [1.82, 2.24) is 0 Å². The fourth-order valence-electron chi connectivity index (χ4n) is 11.0. The minimum Gasteiger partial charge on any atom is -0.462 e. The highest BCUT2D eigenvalue weighted by molar-refractivity contribution is 7.47. The summed E-state index contributed by atoms with van der Waals surface area (Å²) in [5, 5.41) is 10.6. The van der Waals surface area contributed by atoms with Gasteiger partial charge in [-0.15, -0.1) is 0 Å². The Bertz CT molecular complexity index is 1740. The van der Waals surface area contributed by atoms with Gasteiger partial charge in [0.1, 0.15) is 19.3 Å². The molecule has 0 aromatic carbocycles. The molecule has 0 saturated carbocycles. The summed E-state index contributed by atoms with van der Waals surface area (Å²) in [5.41, 5.74) is 0.